The summed E-state index contributed by atoms with van der Waals surface area (Å²) < 4.78 is 72.6. The molecule has 0 aliphatic heterocycles. The van der Waals surface area contributed by atoms with E-state index in [1.165, 1.54) is 12.1 Å². The van der Waals surface area contributed by atoms with Gasteiger partial charge in [-0.15, -0.1) is 0 Å². The molecular weight excluding hydrogens is 367 g/mol. The summed E-state index contributed by atoms with van der Waals surface area (Å²) >= 11 is 0. The van der Waals surface area contributed by atoms with Crippen molar-refractivity contribution in [2.24, 2.45) is 7.05 Å². The van der Waals surface area contributed by atoms with Crippen LogP contribution in [0.1, 0.15) is 22.6 Å². The van der Waals surface area contributed by atoms with E-state index in [4.69, 9.17) is 0 Å². The third-order valence-corrected chi connectivity index (χ3v) is 5.08. The lowest BCUT2D eigenvalue weighted by molar-refractivity contribution is -0.137. The number of hydrogen-bond acceptors (Lipinski definition) is 2. The highest BCUT2D eigenvalue weighted by molar-refractivity contribution is 7.85. The van der Waals surface area contributed by atoms with E-state index in [1.807, 2.05) is 22.8 Å². The van der Waals surface area contributed by atoms with Gasteiger partial charge in [-0.25, -0.2) is 0 Å². The first-order valence-corrected chi connectivity index (χ1v) is 9.33. The Hall–Kier alpha value is -2.32. The van der Waals surface area contributed by atoms with Crippen molar-refractivity contribution < 1.29 is 26.1 Å². The topological polar surface area (TPSA) is 59.3 Å². The lowest BCUT2D eigenvalue weighted by Crippen LogP contribution is -2.15. The second-order valence-electron chi connectivity index (χ2n) is 6.13. The van der Waals surface area contributed by atoms with E-state index in [2.05, 4.69) is 0 Å². The van der Waals surface area contributed by atoms with Crippen molar-refractivity contribution in [1.29, 1.82) is 0 Å². The number of rotatable bonds is 4. The van der Waals surface area contributed by atoms with Gasteiger partial charge in [0.15, 0.2) is 0 Å². The van der Waals surface area contributed by atoms with Gasteiger partial charge in [0.05, 0.1) is 11.3 Å². The number of hydrogen-bond donors (Lipinski definition) is 1. The molecule has 26 heavy (non-hydrogen) atoms. The maximum atomic E-state index is 12.8. The van der Waals surface area contributed by atoms with Gasteiger partial charge < -0.3 is 4.57 Å². The summed E-state index contributed by atoms with van der Waals surface area (Å²) in [5.41, 5.74) is 1.05. The van der Waals surface area contributed by atoms with Gasteiger partial charge in [0, 0.05) is 30.1 Å². The number of nitrogens with zero attached hydrogens (tertiary/aromatic N) is 1. The smallest absolute Gasteiger partial charge is 0.350 e. The number of para-hydroxylation sites is 1. The number of alkyl halides is 3. The predicted molar refractivity (Wildman–Crippen MR) is 92.6 cm³/mol. The van der Waals surface area contributed by atoms with Gasteiger partial charge in [0.1, 0.15) is 0 Å². The Morgan fingerprint density at radius 3 is 2.27 bits per heavy atom. The molecule has 4 nitrogen and oxygen atoms in total. The molecule has 3 aromatic rings. The van der Waals surface area contributed by atoms with Crippen molar-refractivity contribution in [3.63, 3.8) is 0 Å². The minimum atomic E-state index is -4.48. The van der Waals surface area contributed by atoms with E-state index in [0.29, 0.717) is 11.1 Å². The summed E-state index contributed by atoms with van der Waals surface area (Å²) in [6, 6.07) is 11.6. The fraction of sp³-hybridized carbons (Fsp3) is 0.222. The average Bonchev–Trinajstić information content (AvgIpc) is 2.89. The minimum Gasteiger partial charge on any atom is -0.350 e. The molecule has 0 aliphatic rings. The minimum absolute atomic E-state index is 0.381. The van der Waals surface area contributed by atoms with Crippen molar-refractivity contribution in [2.75, 3.05) is 5.75 Å². The molecular formula is C18H16F3NO3S. The molecule has 0 aliphatic carbocycles. The van der Waals surface area contributed by atoms with E-state index < -0.39 is 33.5 Å². The highest BCUT2D eigenvalue weighted by Gasteiger charge is 2.31. The van der Waals surface area contributed by atoms with Crippen LogP contribution in [-0.2, 0) is 23.3 Å². The van der Waals surface area contributed by atoms with Gasteiger partial charge in [-0.1, -0.05) is 30.3 Å². The quantitative estimate of drug-likeness (QED) is 0.687. The van der Waals surface area contributed by atoms with E-state index >= 15 is 0 Å². The lowest BCUT2D eigenvalue weighted by atomic mass is 9.92. The van der Waals surface area contributed by atoms with Crippen molar-refractivity contribution >= 4 is 21.0 Å². The van der Waals surface area contributed by atoms with Crippen molar-refractivity contribution in [1.82, 2.24) is 4.57 Å². The molecule has 0 saturated carbocycles. The third kappa shape index (κ3) is 3.76. The van der Waals surface area contributed by atoms with Crippen LogP contribution in [0.15, 0.2) is 54.7 Å². The summed E-state index contributed by atoms with van der Waals surface area (Å²) in [6.07, 6.45) is -2.74. The largest absolute Gasteiger partial charge is 0.416 e. The van der Waals surface area contributed by atoms with Gasteiger partial charge in [-0.2, -0.15) is 21.6 Å². The first-order chi connectivity index (χ1) is 12.1. The molecule has 8 heteroatoms. The van der Waals surface area contributed by atoms with Crippen molar-refractivity contribution in [2.45, 2.75) is 12.1 Å². The number of aromatic nitrogens is 1. The number of benzene rings is 2. The van der Waals surface area contributed by atoms with Crippen molar-refractivity contribution in [3.8, 4) is 0 Å². The van der Waals surface area contributed by atoms with Crippen LogP contribution >= 0.6 is 0 Å². The SMILES string of the molecule is Cn1cc(C(CS(=O)(=O)O)c2ccc(C(F)(F)F)cc2)c2ccccc21. The molecule has 1 aromatic heterocycles. The van der Waals surface area contributed by atoms with E-state index in [-0.39, 0.29) is 0 Å². The van der Waals surface area contributed by atoms with Gasteiger partial charge in [-0.3, -0.25) is 4.55 Å². The van der Waals surface area contributed by atoms with Crippen molar-refractivity contribution in [3.05, 3.63) is 71.4 Å². The Morgan fingerprint density at radius 1 is 1.08 bits per heavy atom. The van der Waals surface area contributed by atoms with Gasteiger partial charge >= 0.3 is 6.18 Å². The zero-order chi connectivity index (χ0) is 19.1. The normalized spacial score (nSPS) is 13.9. The molecule has 0 bridgehead atoms. The average molecular weight is 383 g/mol. The van der Waals surface area contributed by atoms with Crippen LogP contribution in [0.3, 0.4) is 0 Å². The first kappa shape index (κ1) is 18.5. The molecule has 1 heterocycles. The Kier molecular flexibility index (Phi) is 4.58. The second kappa shape index (κ2) is 6.44. The van der Waals surface area contributed by atoms with E-state index in [9.17, 15) is 26.1 Å². The number of halogens is 3. The van der Waals surface area contributed by atoms with E-state index in [1.54, 1.807) is 19.3 Å². The number of aryl methyl sites for hydroxylation is 1. The highest BCUT2D eigenvalue weighted by Crippen LogP contribution is 2.35. The van der Waals surface area contributed by atoms with Gasteiger partial charge in [0.2, 0.25) is 0 Å². The standard InChI is InChI=1S/C18H16F3NO3S/c1-22-10-15(14-4-2-3-5-17(14)22)16(11-26(23,24)25)12-6-8-13(9-7-12)18(19,20)21/h2-10,16H,11H2,1H3,(H,23,24,25). The Labute approximate surface area is 148 Å². The fourth-order valence-electron chi connectivity index (χ4n) is 3.13. The summed E-state index contributed by atoms with van der Waals surface area (Å²) in [5.74, 6) is -1.41. The molecule has 3 rings (SSSR count). The lowest BCUT2D eigenvalue weighted by Gasteiger charge is -2.17. The maximum absolute atomic E-state index is 12.8. The van der Waals surface area contributed by atoms with Crippen LogP contribution in [0.4, 0.5) is 13.2 Å². The third-order valence-electron chi connectivity index (χ3n) is 4.32. The fourth-order valence-corrected chi connectivity index (χ4v) is 3.92. The van der Waals surface area contributed by atoms with Crippen LogP contribution in [-0.4, -0.2) is 23.3 Å². The molecule has 0 spiro atoms. The predicted octanol–water partition coefficient (Wildman–Crippen LogP) is 4.22. The molecule has 2 aromatic carbocycles. The molecule has 1 atom stereocenters. The number of fused-ring (bicyclic) bond motifs is 1. The Morgan fingerprint density at radius 2 is 1.69 bits per heavy atom. The summed E-state index contributed by atoms with van der Waals surface area (Å²) in [4.78, 5) is 0. The van der Waals surface area contributed by atoms with Gasteiger partial charge in [-0.05, 0) is 29.3 Å². The van der Waals surface area contributed by atoms with E-state index in [0.717, 1.165) is 23.0 Å². The first-order valence-electron chi connectivity index (χ1n) is 7.72. The molecule has 0 fully saturated rings. The molecule has 0 radical (unpaired) electrons. The molecule has 1 N–H and O–H groups in total. The van der Waals surface area contributed by atoms with Gasteiger partial charge in [0.25, 0.3) is 10.1 Å². The van der Waals surface area contributed by atoms with Crippen LogP contribution in [0.25, 0.3) is 10.9 Å². The molecule has 138 valence electrons. The summed E-state index contributed by atoms with van der Waals surface area (Å²) in [7, 11) is -2.55. The molecule has 1 unspecified atom stereocenters. The Balaban J connectivity index is 2.14. The zero-order valence-electron chi connectivity index (χ0n) is 13.7. The second-order valence-corrected chi connectivity index (χ2v) is 7.63. The van der Waals surface area contributed by atoms with Crippen LogP contribution in [0.2, 0.25) is 0 Å². The summed E-state index contributed by atoms with van der Waals surface area (Å²) in [5, 5.41) is 0.781. The summed E-state index contributed by atoms with van der Waals surface area (Å²) in [6.45, 7) is 0. The molecule has 0 saturated heterocycles. The van der Waals surface area contributed by atoms with Crippen LogP contribution in [0.5, 0.6) is 0 Å². The highest BCUT2D eigenvalue weighted by atomic mass is 32.2. The van der Waals surface area contributed by atoms with Crippen LogP contribution in [0, 0.1) is 0 Å². The Bertz CT molecular complexity index is 1040. The van der Waals surface area contributed by atoms with Crippen LogP contribution < -0.4 is 0 Å². The monoisotopic (exact) mass is 383 g/mol. The molecule has 0 amide bonds. The maximum Gasteiger partial charge on any atom is 0.416 e. The zero-order valence-corrected chi connectivity index (χ0v) is 14.6.